The van der Waals surface area contributed by atoms with Crippen LogP contribution in [0.15, 0.2) is 76.2 Å². The molecule has 0 aliphatic rings. The van der Waals surface area contributed by atoms with Gasteiger partial charge in [0.2, 0.25) is 5.91 Å². The van der Waals surface area contributed by atoms with Crippen LogP contribution in [0.2, 0.25) is 0 Å². The average molecular weight is 431 g/mol. The number of rotatable bonds is 9. The fourth-order valence-corrected chi connectivity index (χ4v) is 3.81. The Morgan fingerprint density at radius 1 is 1.07 bits per heavy atom. The number of carbonyl (C=O) groups is 1. The quantitative estimate of drug-likeness (QED) is 0.466. The van der Waals surface area contributed by atoms with Crippen molar-refractivity contribution in [2.45, 2.75) is 37.8 Å². The average Bonchev–Trinajstić information content (AvgIpc) is 3.21. The topological polar surface area (TPSA) is 76.8 Å². The predicted octanol–water partition coefficient (Wildman–Crippen LogP) is 4.52. The summed E-state index contributed by atoms with van der Waals surface area (Å²) >= 11 is 0. The Balaban J connectivity index is 1.77. The zero-order chi connectivity index (χ0) is 21.6. The molecule has 0 aliphatic carbocycles. The summed E-state index contributed by atoms with van der Waals surface area (Å²) in [6, 6.07) is 14.5. The molecule has 2 aromatic carbocycles. The highest BCUT2D eigenvalue weighted by atomic mass is 32.2. The number of nitrogens with zero attached hydrogens (tertiary/aromatic N) is 1. The smallest absolute Gasteiger partial charge is 0.339 e. The van der Waals surface area contributed by atoms with Crippen LogP contribution in [0.25, 0.3) is 0 Å². The highest BCUT2D eigenvalue weighted by Gasteiger charge is 2.18. The summed E-state index contributed by atoms with van der Waals surface area (Å²) in [5.74, 6) is 0.201. The molecular formula is C22H22FNO5S. The van der Waals surface area contributed by atoms with E-state index in [2.05, 4.69) is 0 Å². The van der Waals surface area contributed by atoms with Crippen molar-refractivity contribution in [3.63, 3.8) is 0 Å². The van der Waals surface area contributed by atoms with Gasteiger partial charge in [-0.25, -0.2) is 4.39 Å². The Kier molecular flexibility index (Phi) is 6.89. The second-order valence-corrected chi connectivity index (χ2v) is 8.26. The maximum Gasteiger partial charge on any atom is 0.339 e. The first-order valence-corrected chi connectivity index (χ1v) is 10.9. The summed E-state index contributed by atoms with van der Waals surface area (Å²) in [5.41, 5.74) is 0.706. The van der Waals surface area contributed by atoms with E-state index in [-0.39, 0.29) is 23.1 Å². The highest BCUT2D eigenvalue weighted by Crippen LogP contribution is 2.22. The third-order valence-electron chi connectivity index (χ3n) is 4.32. The molecule has 0 saturated carbocycles. The molecule has 3 rings (SSSR count). The number of halogens is 1. The maximum atomic E-state index is 13.1. The zero-order valence-corrected chi connectivity index (χ0v) is 17.3. The standard InChI is InChI=1S/C22H22FNO5S/c1-2-5-22(25)24(16-20-8-4-13-28-20)15-17-6-3-7-19(14-17)29-30(26,27)21-11-9-18(23)10-12-21/h3-4,6-14H,2,5,15-16H2,1H3. The van der Waals surface area contributed by atoms with Crippen LogP contribution in [-0.2, 0) is 28.0 Å². The largest absolute Gasteiger partial charge is 0.467 e. The molecule has 6 nitrogen and oxygen atoms in total. The Bertz CT molecular complexity index is 1080. The van der Waals surface area contributed by atoms with Gasteiger partial charge < -0.3 is 13.5 Å². The van der Waals surface area contributed by atoms with Gasteiger partial charge in [0.1, 0.15) is 22.2 Å². The maximum absolute atomic E-state index is 13.1. The molecule has 0 aliphatic heterocycles. The van der Waals surface area contributed by atoms with Gasteiger partial charge in [-0.3, -0.25) is 4.79 Å². The molecule has 0 bridgehead atoms. The van der Waals surface area contributed by atoms with Gasteiger partial charge in [-0.15, -0.1) is 0 Å². The molecule has 30 heavy (non-hydrogen) atoms. The summed E-state index contributed by atoms with van der Waals surface area (Å²) < 4.78 is 48.5. The van der Waals surface area contributed by atoms with Crippen molar-refractivity contribution in [3.8, 4) is 5.75 Å². The molecule has 0 N–H and O–H groups in total. The van der Waals surface area contributed by atoms with Crippen LogP contribution in [0.1, 0.15) is 31.1 Å². The van der Waals surface area contributed by atoms with Gasteiger partial charge in [0.15, 0.2) is 0 Å². The Morgan fingerprint density at radius 3 is 2.50 bits per heavy atom. The second kappa shape index (κ2) is 9.58. The predicted molar refractivity (Wildman–Crippen MR) is 109 cm³/mol. The second-order valence-electron chi connectivity index (χ2n) is 6.72. The molecular weight excluding hydrogens is 409 g/mol. The number of hydrogen-bond donors (Lipinski definition) is 0. The fraction of sp³-hybridized carbons (Fsp3) is 0.227. The van der Waals surface area contributed by atoms with Gasteiger partial charge in [-0.2, -0.15) is 8.42 Å². The van der Waals surface area contributed by atoms with Crippen molar-refractivity contribution in [2.75, 3.05) is 0 Å². The summed E-state index contributed by atoms with van der Waals surface area (Å²) in [4.78, 5) is 14.0. The Labute approximate surface area is 175 Å². The number of benzene rings is 2. The molecule has 158 valence electrons. The van der Waals surface area contributed by atoms with E-state index in [1.807, 2.05) is 6.92 Å². The van der Waals surface area contributed by atoms with Crippen molar-refractivity contribution in [2.24, 2.45) is 0 Å². The van der Waals surface area contributed by atoms with Crippen molar-refractivity contribution < 1.29 is 26.2 Å². The molecule has 0 unspecified atom stereocenters. The van der Waals surface area contributed by atoms with Crippen LogP contribution >= 0.6 is 0 Å². The fourth-order valence-electron chi connectivity index (χ4n) is 2.89. The zero-order valence-electron chi connectivity index (χ0n) is 16.5. The molecule has 8 heteroatoms. The van der Waals surface area contributed by atoms with E-state index in [9.17, 15) is 17.6 Å². The van der Waals surface area contributed by atoms with E-state index in [4.69, 9.17) is 8.60 Å². The Morgan fingerprint density at radius 2 is 1.83 bits per heavy atom. The van der Waals surface area contributed by atoms with Gasteiger partial charge in [-0.1, -0.05) is 19.1 Å². The van der Waals surface area contributed by atoms with Crippen LogP contribution < -0.4 is 4.18 Å². The summed E-state index contributed by atoms with van der Waals surface area (Å²) in [5, 5.41) is 0. The first-order valence-electron chi connectivity index (χ1n) is 9.46. The Hall–Kier alpha value is -3.13. The highest BCUT2D eigenvalue weighted by molar-refractivity contribution is 7.87. The van der Waals surface area contributed by atoms with Crippen molar-refractivity contribution >= 4 is 16.0 Å². The van der Waals surface area contributed by atoms with Crippen molar-refractivity contribution in [1.82, 2.24) is 4.90 Å². The third kappa shape index (κ3) is 5.70. The first-order chi connectivity index (χ1) is 14.4. The number of hydrogen-bond acceptors (Lipinski definition) is 5. The van der Waals surface area contributed by atoms with Crippen LogP contribution in [0, 0.1) is 5.82 Å². The molecule has 3 aromatic rings. The van der Waals surface area contributed by atoms with E-state index < -0.39 is 15.9 Å². The third-order valence-corrected chi connectivity index (χ3v) is 5.58. The van der Waals surface area contributed by atoms with Gasteiger partial charge >= 0.3 is 10.1 Å². The molecule has 0 spiro atoms. The van der Waals surface area contributed by atoms with Gasteiger partial charge in [0.05, 0.1) is 12.8 Å². The van der Waals surface area contributed by atoms with E-state index in [1.54, 1.807) is 41.5 Å². The van der Waals surface area contributed by atoms with Crippen LogP contribution in [0.3, 0.4) is 0 Å². The monoisotopic (exact) mass is 431 g/mol. The SMILES string of the molecule is CCCC(=O)N(Cc1cccc(OS(=O)(=O)c2ccc(F)cc2)c1)Cc1ccco1. The van der Waals surface area contributed by atoms with E-state index in [0.29, 0.717) is 30.7 Å². The van der Waals surface area contributed by atoms with Gasteiger partial charge in [-0.05, 0) is 60.5 Å². The van der Waals surface area contributed by atoms with Gasteiger partial charge in [0.25, 0.3) is 0 Å². The van der Waals surface area contributed by atoms with Gasteiger partial charge in [0, 0.05) is 13.0 Å². The first kappa shape index (κ1) is 21.6. The van der Waals surface area contributed by atoms with Crippen LogP contribution in [0.5, 0.6) is 5.75 Å². The number of furan rings is 1. The number of amides is 1. The summed E-state index contributed by atoms with van der Waals surface area (Å²) in [6.07, 6.45) is 2.66. The van der Waals surface area contributed by atoms with Crippen LogP contribution in [0.4, 0.5) is 4.39 Å². The minimum absolute atomic E-state index is 0.0286. The lowest BCUT2D eigenvalue weighted by molar-refractivity contribution is -0.132. The molecule has 1 heterocycles. The lowest BCUT2D eigenvalue weighted by Gasteiger charge is -2.22. The van der Waals surface area contributed by atoms with E-state index >= 15 is 0 Å². The molecule has 1 aromatic heterocycles. The van der Waals surface area contributed by atoms with E-state index in [1.165, 1.54) is 6.07 Å². The normalized spacial score (nSPS) is 11.3. The molecule has 0 atom stereocenters. The molecule has 0 radical (unpaired) electrons. The van der Waals surface area contributed by atoms with Crippen molar-refractivity contribution in [3.05, 3.63) is 84.1 Å². The lowest BCUT2D eigenvalue weighted by atomic mass is 10.2. The molecule has 0 fully saturated rings. The summed E-state index contributed by atoms with van der Waals surface area (Å²) in [6.45, 7) is 2.51. The summed E-state index contributed by atoms with van der Waals surface area (Å²) in [7, 11) is -4.10. The minimum Gasteiger partial charge on any atom is -0.467 e. The molecule has 0 saturated heterocycles. The molecule has 1 amide bonds. The number of carbonyl (C=O) groups excluding carboxylic acids is 1. The van der Waals surface area contributed by atoms with Crippen molar-refractivity contribution in [1.29, 1.82) is 0 Å². The minimum atomic E-state index is -4.10. The lowest BCUT2D eigenvalue weighted by Crippen LogP contribution is -2.29. The van der Waals surface area contributed by atoms with Crippen LogP contribution in [-0.4, -0.2) is 19.2 Å². The van der Waals surface area contributed by atoms with E-state index in [0.717, 1.165) is 24.3 Å².